The first-order chi connectivity index (χ1) is 9.70. The molecule has 2 heterocycles. The minimum atomic E-state index is -4.66. The van der Waals surface area contributed by atoms with Gasteiger partial charge in [-0.25, -0.2) is 0 Å². The molecule has 1 atom stereocenters. The van der Waals surface area contributed by atoms with E-state index in [2.05, 4.69) is 20.6 Å². The maximum Gasteiger partial charge on any atom is 0.437 e. The van der Waals surface area contributed by atoms with Gasteiger partial charge in [0.15, 0.2) is 5.69 Å². The zero-order chi connectivity index (χ0) is 15.8. The molecular formula is C11H11ClF3N5O. The molecule has 1 unspecified atom stereocenters. The average Bonchev–Trinajstić information content (AvgIpc) is 2.95. The van der Waals surface area contributed by atoms with E-state index in [-0.39, 0.29) is 5.69 Å². The van der Waals surface area contributed by atoms with Gasteiger partial charge in [-0.15, -0.1) is 0 Å². The standard InChI is InChI=1S/C11H11ClF3N5O/c1-5-8(9(19-18-5)11(13,14)15)17-10(21)6(2)20-4-7(12)3-16-20/h3-4,6H,1-2H3,(H,17,21)(H,18,19). The molecule has 0 spiro atoms. The Labute approximate surface area is 122 Å². The van der Waals surface area contributed by atoms with Crippen LogP contribution in [0.1, 0.15) is 24.4 Å². The third kappa shape index (κ3) is 3.18. The van der Waals surface area contributed by atoms with Gasteiger partial charge in [0.2, 0.25) is 5.91 Å². The predicted molar refractivity (Wildman–Crippen MR) is 68.9 cm³/mol. The summed E-state index contributed by atoms with van der Waals surface area (Å²) in [4.78, 5) is 12.0. The third-order valence-electron chi connectivity index (χ3n) is 2.81. The van der Waals surface area contributed by atoms with Crippen molar-refractivity contribution in [3.63, 3.8) is 0 Å². The molecule has 2 rings (SSSR count). The van der Waals surface area contributed by atoms with Crippen molar-refractivity contribution in [2.75, 3.05) is 5.32 Å². The molecule has 0 bridgehead atoms. The van der Waals surface area contributed by atoms with E-state index in [1.165, 1.54) is 30.9 Å². The zero-order valence-corrected chi connectivity index (χ0v) is 11.7. The van der Waals surface area contributed by atoms with Gasteiger partial charge in [0.1, 0.15) is 6.04 Å². The lowest BCUT2D eigenvalue weighted by Gasteiger charge is -2.14. The number of H-pyrrole nitrogens is 1. The topological polar surface area (TPSA) is 75.6 Å². The SMILES string of the molecule is Cc1[nH]nc(C(F)(F)F)c1NC(=O)C(C)n1cc(Cl)cn1. The van der Waals surface area contributed by atoms with Crippen molar-refractivity contribution < 1.29 is 18.0 Å². The van der Waals surface area contributed by atoms with E-state index in [9.17, 15) is 18.0 Å². The van der Waals surface area contributed by atoms with Gasteiger partial charge in [-0.2, -0.15) is 23.4 Å². The summed E-state index contributed by atoms with van der Waals surface area (Å²) < 4.78 is 39.6. The Bertz CT molecular complexity index is 663. The second-order valence-electron chi connectivity index (χ2n) is 4.37. The second-order valence-corrected chi connectivity index (χ2v) is 4.81. The first-order valence-electron chi connectivity index (χ1n) is 5.83. The summed E-state index contributed by atoms with van der Waals surface area (Å²) in [5.74, 6) is -0.662. The van der Waals surface area contributed by atoms with Crippen LogP contribution < -0.4 is 5.32 Å². The highest BCUT2D eigenvalue weighted by atomic mass is 35.5. The minimum absolute atomic E-state index is 0.112. The Morgan fingerprint density at radius 2 is 2.19 bits per heavy atom. The molecule has 1 amide bonds. The first-order valence-corrected chi connectivity index (χ1v) is 6.20. The van der Waals surface area contributed by atoms with Crippen molar-refractivity contribution in [2.24, 2.45) is 0 Å². The lowest BCUT2D eigenvalue weighted by atomic mass is 10.2. The largest absolute Gasteiger partial charge is 0.437 e. The fourth-order valence-corrected chi connectivity index (χ4v) is 1.81. The number of nitrogens with one attached hydrogen (secondary N) is 2. The Hall–Kier alpha value is -2.03. The molecule has 0 aliphatic heterocycles. The molecule has 0 aromatic carbocycles. The van der Waals surface area contributed by atoms with Gasteiger partial charge in [0.05, 0.1) is 22.6 Å². The van der Waals surface area contributed by atoms with Gasteiger partial charge < -0.3 is 5.32 Å². The minimum Gasteiger partial charge on any atom is -0.321 e. The Kier molecular flexibility index (Phi) is 3.95. The van der Waals surface area contributed by atoms with Crippen LogP contribution in [-0.4, -0.2) is 25.9 Å². The monoisotopic (exact) mass is 321 g/mol. The predicted octanol–water partition coefficient (Wildman–Crippen LogP) is 2.79. The second kappa shape index (κ2) is 5.40. The number of carbonyl (C=O) groups is 1. The summed E-state index contributed by atoms with van der Waals surface area (Å²) in [5, 5.41) is 11.8. The molecule has 6 nitrogen and oxygen atoms in total. The van der Waals surface area contributed by atoms with E-state index >= 15 is 0 Å². The van der Waals surface area contributed by atoms with E-state index in [1.54, 1.807) is 0 Å². The van der Waals surface area contributed by atoms with E-state index in [0.717, 1.165) is 0 Å². The number of halogens is 4. The van der Waals surface area contributed by atoms with Gasteiger partial charge in [0, 0.05) is 6.20 Å². The number of rotatable bonds is 3. The molecule has 0 saturated carbocycles. The van der Waals surface area contributed by atoms with E-state index in [4.69, 9.17) is 11.6 Å². The van der Waals surface area contributed by atoms with Crippen molar-refractivity contribution >= 4 is 23.2 Å². The Morgan fingerprint density at radius 1 is 1.52 bits per heavy atom. The van der Waals surface area contributed by atoms with Crippen LogP contribution in [0.15, 0.2) is 12.4 Å². The van der Waals surface area contributed by atoms with Crippen molar-refractivity contribution in [1.29, 1.82) is 0 Å². The number of carbonyl (C=O) groups excluding carboxylic acids is 1. The van der Waals surface area contributed by atoms with Crippen LogP contribution in [0, 0.1) is 6.92 Å². The number of hydrogen-bond donors (Lipinski definition) is 2. The van der Waals surface area contributed by atoms with Crippen molar-refractivity contribution in [3.8, 4) is 0 Å². The normalized spacial score (nSPS) is 13.2. The van der Waals surface area contributed by atoms with Crippen LogP contribution in [0.5, 0.6) is 0 Å². The Balaban J connectivity index is 2.22. The number of alkyl halides is 3. The highest BCUT2D eigenvalue weighted by Gasteiger charge is 2.38. The molecule has 2 N–H and O–H groups in total. The van der Waals surface area contributed by atoms with Crippen LogP contribution in [0.2, 0.25) is 5.02 Å². The summed E-state index contributed by atoms with van der Waals surface area (Å²) in [7, 11) is 0. The quantitative estimate of drug-likeness (QED) is 0.912. The highest BCUT2D eigenvalue weighted by molar-refractivity contribution is 6.30. The molecule has 0 aliphatic rings. The van der Waals surface area contributed by atoms with Crippen LogP contribution in [0.4, 0.5) is 18.9 Å². The summed E-state index contributed by atoms with van der Waals surface area (Å²) in [6.07, 6.45) is -1.93. The molecule has 0 fully saturated rings. The van der Waals surface area contributed by atoms with Crippen LogP contribution >= 0.6 is 11.6 Å². The Morgan fingerprint density at radius 3 is 2.71 bits per heavy atom. The van der Waals surface area contributed by atoms with Crippen molar-refractivity contribution in [3.05, 3.63) is 28.8 Å². The molecular weight excluding hydrogens is 311 g/mol. The number of amides is 1. The number of hydrogen-bond acceptors (Lipinski definition) is 3. The molecule has 114 valence electrons. The molecule has 0 saturated heterocycles. The van der Waals surface area contributed by atoms with E-state index in [1.807, 2.05) is 0 Å². The van der Waals surface area contributed by atoms with Gasteiger partial charge in [-0.3, -0.25) is 14.6 Å². The summed E-state index contributed by atoms with van der Waals surface area (Å²) in [6, 6.07) is -0.826. The van der Waals surface area contributed by atoms with Crippen molar-refractivity contribution in [1.82, 2.24) is 20.0 Å². The lowest BCUT2D eigenvalue weighted by Crippen LogP contribution is -2.25. The van der Waals surface area contributed by atoms with Crippen LogP contribution in [0.3, 0.4) is 0 Å². The fourth-order valence-electron chi connectivity index (χ4n) is 1.66. The maximum atomic E-state index is 12.8. The average molecular weight is 322 g/mol. The number of aryl methyl sites for hydroxylation is 1. The first kappa shape index (κ1) is 15.4. The summed E-state index contributed by atoms with van der Waals surface area (Å²) >= 11 is 5.68. The van der Waals surface area contributed by atoms with Gasteiger partial charge in [-0.1, -0.05) is 11.6 Å². The summed E-state index contributed by atoms with van der Waals surface area (Å²) in [6.45, 7) is 2.87. The molecule has 2 aromatic rings. The van der Waals surface area contributed by atoms with Gasteiger partial charge in [-0.05, 0) is 13.8 Å². The van der Waals surface area contributed by atoms with Crippen molar-refractivity contribution in [2.45, 2.75) is 26.1 Å². The molecule has 2 aromatic heterocycles. The third-order valence-corrected chi connectivity index (χ3v) is 3.01. The van der Waals surface area contributed by atoms with Crippen LogP contribution in [0.25, 0.3) is 0 Å². The molecule has 10 heteroatoms. The number of aromatic nitrogens is 4. The lowest BCUT2D eigenvalue weighted by molar-refractivity contribution is -0.140. The van der Waals surface area contributed by atoms with Gasteiger partial charge in [0.25, 0.3) is 0 Å². The zero-order valence-electron chi connectivity index (χ0n) is 11.0. The summed E-state index contributed by atoms with van der Waals surface area (Å²) in [5.41, 5.74) is -1.45. The number of nitrogens with zero attached hydrogens (tertiary/aromatic N) is 3. The molecule has 21 heavy (non-hydrogen) atoms. The van der Waals surface area contributed by atoms with Gasteiger partial charge >= 0.3 is 6.18 Å². The molecule has 0 radical (unpaired) electrons. The maximum absolute atomic E-state index is 12.8. The number of aromatic amines is 1. The number of anilines is 1. The fraction of sp³-hybridized carbons (Fsp3) is 0.364. The van der Waals surface area contributed by atoms with E-state index in [0.29, 0.717) is 5.02 Å². The smallest absolute Gasteiger partial charge is 0.321 e. The van der Waals surface area contributed by atoms with Crippen LogP contribution in [-0.2, 0) is 11.0 Å². The highest BCUT2D eigenvalue weighted by Crippen LogP contribution is 2.34. The molecule has 0 aliphatic carbocycles. The van der Waals surface area contributed by atoms with E-state index < -0.39 is 29.5 Å².